The molecule has 0 spiro atoms. The highest BCUT2D eigenvalue weighted by molar-refractivity contribution is 5.77. The van der Waals surface area contributed by atoms with Crippen LogP contribution in [0.2, 0.25) is 0 Å². The molecule has 0 aliphatic heterocycles. The average molecular weight is 172 g/mol. The van der Waals surface area contributed by atoms with E-state index in [1.165, 1.54) is 6.08 Å². The van der Waals surface area contributed by atoms with Crippen LogP contribution >= 0.6 is 0 Å². The first kappa shape index (κ1) is 10.6. The Morgan fingerprint density at radius 1 is 1.50 bits per heavy atom. The van der Waals surface area contributed by atoms with Crippen molar-refractivity contribution in [3.63, 3.8) is 0 Å². The van der Waals surface area contributed by atoms with Crippen LogP contribution in [-0.2, 0) is 14.3 Å². The molecule has 0 aromatic heterocycles. The summed E-state index contributed by atoms with van der Waals surface area (Å²) in [6, 6.07) is 0. The lowest BCUT2D eigenvalue weighted by Crippen LogP contribution is -2.32. The van der Waals surface area contributed by atoms with Gasteiger partial charge in [0.1, 0.15) is 6.61 Å². The Bertz CT molecular complexity index is 178. The Hall–Kier alpha value is -1.36. The van der Waals surface area contributed by atoms with E-state index in [4.69, 9.17) is 0 Å². The Kier molecular flexibility index (Phi) is 5.64. The number of hydrogen-bond acceptors (Lipinski definition) is 4. The molecule has 5 heteroatoms. The number of carbonyl (C=O) groups is 2. The van der Waals surface area contributed by atoms with Crippen LogP contribution in [0.4, 0.5) is 0 Å². The van der Waals surface area contributed by atoms with E-state index in [2.05, 4.69) is 16.6 Å². The fourth-order valence-corrected chi connectivity index (χ4v) is 0.464. The summed E-state index contributed by atoms with van der Waals surface area (Å²) in [6.45, 7) is 2.88. The third kappa shape index (κ3) is 6.76. The molecule has 0 saturated heterocycles. The lowest BCUT2D eigenvalue weighted by atomic mass is 10.5. The zero-order valence-corrected chi connectivity index (χ0v) is 6.54. The van der Waals surface area contributed by atoms with E-state index >= 15 is 0 Å². The highest BCUT2D eigenvalue weighted by atomic mass is 16.5. The molecule has 0 aromatic carbocycles. The third-order valence-corrected chi connectivity index (χ3v) is 0.897. The van der Waals surface area contributed by atoms with Crippen LogP contribution < -0.4 is 10.4 Å². The van der Waals surface area contributed by atoms with Crippen molar-refractivity contribution in [2.75, 3.05) is 19.8 Å². The van der Waals surface area contributed by atoms with Gasteiger partial charge in [0.15, 0.2) is 0 Å². The molecule has 0 unspecified atom stereocenters. The van der Waals surface area contributed by atoms with Gasteiger partial charge in [-0.3, -0.25) is 4.79 Å². The number of ether oxygens (including phenoxy) is 1. The van der Waals surface area contributed by atoms with Crippen LogP contribution in [0.5, 0.6) is 0 Å². The van der Waals surface area contributed by atoms with Crippen LogP contribution in [-0.4, -0.2) is 31.6 Å². The normalized spacial score (nSPS) is 9.00. The number of hydrogen-bond donors (Lipinski definition) is 1. The van der Waals surface area contributed by atoms with Crippen molar-refractivity contribution in [2.24, 2.45) is 0 Å². The summed E-state index contributed by atoms with van der Waals surface area (Å²) in [4.78, 5) is 20.5. The van der Waals surface area contributed by atoms with Gasteiger partial charge in [0.2, 0.25) is 5.91 Å². The van der Waals surface area contributed by atoms with Gasteiger partial charge in [0.05, 0.1) is 12.6 Å². The zero-order chi connectivity index (χ0) is 9.40. The molecule has 5 nitrogen and oxygen atoms in total. The lowest BCUT2D eigenvalue weighted by molar-refractivity contribution is -0.309. The minimum atomic E-state index is -1.34. The Balaban J connectivity index is 3.31. The molecule has 0 heterocycles. The maximum atomic E-state index is 10.7. The quantitative estimate of drug-likeness (QED) is 0.472. The number of nitrogens with one attached hydrogen (secondary N) is 1. The van der Waals surface area contributed by atoms with E-state index in [-0.39, 0.29) is 12.5 Å². The first-order valence-corrected chi connectivity index (χ1v) is 3.32. The van der Waals surface area contributed by atoms with Gasteiger partial charge in [-0.15, -0.1) is 6.58 Å². The number of rotatable bonds is 6. The number of aliphatic carboxylic acids is 1. The smallest absolute Gasteiger partial charge is 0.246 e. The molecule has 0 rings (SSSR count). The molecule has 12 heavy (non-hydrogen) atoms. The molecular formula is C7H10NO4-. The van der Waals surface area contributed by atoms with Crippen LogP contribution in [0.3, 0.4) is 0 Å². The summed E-state index contributed by atoms with van der Waals surface area (Å²) in [6.07, 6.45) is 1.51. The Labute approximate surface area is 70.0 Å². The first-order valence-electron chi connectivity index (χ1n) is 3.32. The topological polar surface area (TPSA) is 78.5 Å². The molecule has 0 bridgehead atoms. The van der Waals surface area contributed by atoms with Gasteiger partial charge in [0.25, 0.3) is 0 Å². The van der Waals surface area contributed by atoms with Gasteiger partial charge in [-0.1, -0.05) is 6.08 Å². The number of carboxylic acid groups (broad SMARTS) is 1. The van der Waals surface area contributed by atoms with Crippen molar-refractivity contribution in [3.8, 4) is 0 Å². The highest BCUT2D eigenvalue weighted by Gasteiger charge is 1.97. The van der Waals surface area contributed by atoms with Crippen molar-refractivity contribution in [1.29, 1.82) is 0 Å². The molecular weight excluding hydrogens is 162 g/mol. The van der Waals surface area contributed by atoms with Crippen LogP contribution in [0.15, 0.2) is 12.7 Å². The molecule has 0 saturated carbocycles. The monoisotopic (exact) mass is 172 g/mol. The van der Waals surface area contributed by atoms with Crippen LogP contribution in [0.1, 0.15) is 0 Å². The van der Waals surface area contributed by atoms with E-state index < -0.39 is 12.6 Å². The minimum absolute atomic E-state index is 0.276. The van der Waals surface area contributed by atoms with E-state index in [1.54, 1.807) is 0 Å². The number of carboxylic acids is 1. The molecule has 1 N–H and O–H groups in total. The summed E-state index contributed by atoms with van der Waals surface area (Å²) in [5.74, 6) is -1.72. The fraction of sp³-hybridized carbons (Fsp3) is 0.429. The van der Waals surface area contributed by atoms with Crippen molar-refractivity contribution < 1.29 is 19.4 Å². The van der Waals surface area contributed by atoms with Crippen molar-refractivity contribution >= 4 is 11.9 Å². The first-order chi connectivity index (χ1) is 5.66. The summed E-state index contributed by atoms with van der Waals surface area (Å²) in [5, 5.41) is 12.2. The summed E-state index contributed by atoms with van der Waals surface area (Å²) in [5.41, 5.74) is 0. The number of amides is 1. The molecule has 1 amide bonds. The van der Waals surface area contributed by atoms with Crippen LogP contribution in [0, 0.1) is 0 Å². The average Bonchev–Trinajstić information content (AvgIpc) is 2.00. The molecule has 0 aliphatic rings. The van der Waals surface area contributed by atoms with Gasteiger partial charge >= 0.3 is 0 Å². The second-order valence-electron chi connectivity index (χ2n) is 1.96. The summed E-state index contributed by atoms with van der Waals surface area (Å²) < 4.78 is 4.45. The fourth-order valence-electron chi connectivity index (χ4n) is 0.464. The highest BCUT2D eigenvalue weighted by Crippen LogP contribution is 1.73. The molecule has 0 fully saturated rings. The molecule has 68 valence electrons. The predicted octanol–water partition coefficient (Wildman–Crippen LogP) is -1.94. The van der Waals surface area contributed by atoms with Crippen LogP contribution in [0.25, 0.3) is 0 Å². The molecule has 0 radical (unpaired) electrons. The molecule has 0 aliphatic carbocycles. The molecule has 0 atom stereocenters. The van der Waals surface area contributed by atoms with E-state index in [9.17, 15) is 14.7 Å². The van der Waals surface area contributed by atoms with Crippen molar-refractivity contribution in [2.45, 2.75) is 0 Å². The third-order valence-electron chi connectivity index (χ3n) is 0.897. The maximum Gasteiger partial charge on any atom is 0.246 e. The van der Waals surface area contributed by atoms with E-state index in [0.717, 1.165) is 0 Å². The van der Waals surface area contributed by atoms with Gasteiger partial charge in [-0.25, -0.2) is 0 Å². The lowest BCUT2D eigenvalue weighted by Gasteiger charge is -2.04. The van der Waals surface area contributed by atoms with Crippen molar-refractivity contribution in [3.05, 3.63) is 12.7 Å². The van der Waals surface area contributed by atoms with Gasteiger partial charge < -0.3 is 20.0 Å². The van der Waals surface area contributed by atoms with Gasteiger partial charge in [0, 0.05) is 6.54 Å². The summed E-state index contributed by atoms with van der Waals surface area (Å²) >= 11 is 0. The predicted molar refractivity (Wildman–Crippen MR) is 39.0 cm³/mol. The zero-order valence-electron chi connectivity index (χ0n) is 6.54. The number of carbonyl (C=O) groups excluding carboxylic acids is 2. The standard InChI is InChI=1S/C7H11NO4/c1-2-3-8-6(9)4-12-5-7(10)11/h2H,1,3-5H2,(H,8,9)(H,10,11)/p-1. The molecule has 0 aromatic rings. The summed E-state index contributed by atoms with van der Waals surface area (Å²) in [7, 11) is 0. The van der Waals surface area contributed by atoms with Gasteiger partial charge in [-0.2, -0.15) is 0 Å². The maximum absolute atomic E-state index is 10.7. The van der Waals surface area contributed by atoms with Gasteiger partial charge in [-0.05, 0) is 0 Å². The minimum Gasteiger partial charge on any atom is -0.548 e. The van der Waals surface area contributed by atoms with E-state index in [1.807, 2.05) is 0 Å². The van der Waals surface area contributed by atoms with Crippen molar-refractivity contribution in [1.82, 2.24) is 5.32 Å². The van der Waals surface area contributed by atoms with E-state index in [0.29, 0.717) is 6.54 Å². The second-order valence-corrected chi connectivity index (χ2v) is 1.96. The SMILES string of the molecule is C=CCNC(=O)COCC(=O)[O-]. The Morgan fingerprint density at radius 3 is 2.67 bits per heavy atom. The second kappa shape index (κ2) is 6.36. The Morgan fingerprint density at radius 2 is 2.17 bits per heavy atom. The largest absolute Gasteiger partial charge is 0.548 e.